The van der Waals surface area contributed by atoms with Gasteiger partial charge in [0.1, 0.15) is 0 Å². The number of nitrogens with zero attached hydrogens (tertiary/aromatic N) is 2. The number of likely N-dealkylation sites (tertiary alicyclic amines) is 1. The average Bonchev–Trinajstić information content (AvgIpc) is 2.89. The van der Waals surface area contributed by atoms with Crippen molar-refractivity contribution in [3.05, 3.63) is 11.8 Å². The van der Waals surface area contributed by atoms with Crippen molar-refractivity contribution in [2.24, 2.45) is 5.92 Å². The van der Waals surface area contributed by atoms with E-state index in [-0.39, 0.29) is 17.4 Å². The number of nitrogens with one attached hydrogen (secondary N) is 1. The summed E-state index contributed by atoms with van der Waals surface area (Å²) in [7, 11) is 0. The summed E-state index contributed by atoms with van der Waals surface area (Å²) >= 11 is 0. The molecule has 1 saturated heterocycles. The SMILES string of the molecule is CC(C)(C)c1cc(NC(=O)[C@@H]2CCCN2CC2CC2)on1. The zero-order chi connectivity index (χ0) is 15.0. The van der Waals surface area contributed by atoms with E-state index in [1.807, 2.05) is 6.07 Å². The lowest BCUT2D eigenvalue weighted by Gasteiger charge is -2.22. The van der Waals surface area contributed by atoms with E-state index in [4.69, 9.17) is 4.52 Å². The van der Waals surface area contributed by atoms with Crippen molar-refractivity contribution in [1.29, 1.82) is 0 Å². The van der Waals surface area contributed by atoms with E-state index in [1.165, 1.54) is 12.8 Å². The summed E-state index contributed by atoms with van der Waals surface area (Å²) in [6.45, 7) is 8.33. The van der Waals surface area contributed by atoms with Gasteiger partial charge in [0, 0.05) is 18.0 Å². The summed E-state index contributed by atoms with van der Waals surface area (Å²) in [5, 5.41) is 6.93. The third-order valence-electron chi connectivity index (χ3n) is 4.38. The summed E-state index contributed by atoms with van der Waals surface area (Å²) < 4.78 is 5.25. The van der Waals surface area contributed by atoms with E-state index in [9.17, 15) is 4.79 Å². The lowest BCUT2D eigenvalue weighted by molar-refractivity contribution is -0.120. The van der Waals surface area contributed by atoms with Gasteiger partial charge >= 0.3 is 0 Å². The minimum atomic E-state index is -0.0716. The minimum absolute atomic E-state index is 0.00575. The molecule has 2 heterocycles. The highest BCUT2D eigenvalue weighted by atomic mass is 16.5. The van der Waals surface area contributed by atoms with Crippen LogP contribution in [0, 0.1) is 5.92 Å². The Hall–Kier alpha value is -1.36. The number of rotatable bonds is 4. The second-order valence-electron chi connectivity index (χ2n) is 7.41. The molecule has 0 spiro atoms. The number of carbonyl (C=O) groups is 1. The fourth-order valence-electron chi connectivity index (χ4n) is 2.87. The molecule has 0 aromatic carbocycles. The third kappa shape index (κ3) is 3.46. The maximum atomic E-state index is 12.4. The standard InChI is InChI=1S/C16H25N3O2/c1-16(2,3)13-9-14(21-18-13)17-15(20)12-5-4-8-19(12)10-11-6-7-11/h9,11-12H,4-8,10H2,1-3H3,(H,17,20)/t12-/m0/s1. The van der Waals surface area contributed by atoms with Crippen LogP contribution in [-0.4, -0.2) is 35.1 Å². The second kappa shape index (κ2) is 5.44. The van der Waals surface area contributed by atoms with E-state index in [1.54, 1.807) is 0 Å². The molecule has 1 N–H and O–H groups in total. The first-order chi connectivity index (χ1) is 9.93. The first kappa shape index (κ1) is 14.6. The fourth-order valence-corrected chi connectivity index (χ4v) is 2.87. The van der Waals surface area contributed by atoms with Crippen LogP contribution < -0.4 is 5.32 Å². The van der Waals surface area contributed by atoms with Gasteiger partial charge in [-0.15, -0.1) is 0 Å². The highest BCUT2D eigenvalue weighted by Crippen LogP contribution is 2.32. The number of aromatic nitrogens is 1. The molecular formula is C16H25N3O2. The first-order valence-corrected chi connectivity index (χ1v) is 7.95. The molecule has 1 aromatic heterocycles. The molecule has 0 unspecified atom stereocenters. The van der Waals surface area contributed by atoms with E-state index >= 15 is 0 Å². The van der Waals surface area contributed by atoms with Crippen LogP contribution in [0.3, 0.4) is 0 Å². The van der Waals surface area contributed by atoms with Crippen LogP contribution in [0.5, 0.6) is 0 Å². The topological polar surface area (TPSA) is 58.4 Å². The number of anilines is 1. The van der Waals surface area contributed by atoms with Gasteiger partial charge in [-0.1, -0.05) is 25.9 Å². The second-order valence-corrected chi connectivity index (χ2v) is 7.41. The van der Waals surface area contributed by atoms with Gasteiger partial charge in [0.05, 0.1) is 11.7 Å². The Balaban J connectivity index is 1.61. The van der Waals surface area contributed by atoms with Crippen molar-refractivity contribution in [2.75, 3.05) is 18.4 Å². The monoisotopic (exact) mass is 291 g/mol. The smallest absolute Gasteiger partial charge is 0.244 e. The zero-order valence-corrected chi connectivity index (χ0v) is 13.2. The van der Waals surface area contributed by atoms with Crippen LogP contribution in [-0.2, 0) is 10.2 Å². The molecule has 5 heteroatoms. The summed E-state index contributed by atoms with van der Waals surface area (Å²) in [6, 6.07) is 1.83. The molecule has 21 heavy (non-hydrogen) atoms. The number of amides is 1. The van der Waals surface area contributed by atoms with Gasteiger partial charge in [-0.25, -0.2) is 0 Å². The first-order valence-electron chi connectivity index (χ1n) is 7.95. The van der Waals surface area contributed by atoms with Gasteiger partial charge in [0.25, 0.3) is 0 Å². The molecule has 116 valence electrons. The molecule has 1 aliphatic heterocycles. The summed E-state index contributed by atoms with van der Waals surface area (Å²) in [5.41, 5.74) is 0.789. The van der Waals surface area contributed by atoms with Gasteiger partial charge in [-0.05, 0) is 38.1 Å². The summed E-state index contributed by atoms with van der Waals surface area (Å²) in [5.74, 6) is 1.32. The molecule has 1 saturated carbocycles. The summed E-state index contributed by atoms with van der Waals surface area (Å²) in [6.07, 6.45) is 4.69. The third-order valence-corrected chi connectivity index (χ3v) is 4.38. The lowest BCUT2D eigenvalue weighted by Crippen LogP contribution is -2.40. The Kier molecular flexibility index (Phi) is 3.78. The largest absolute Gasteiger partial charge is 0.338 e. The Morgan fingerprint density at radius 2 is 2.19 bits per heavy atom. The van der Waals surface area contributed by atoms with Gasteiger partial charge in [0.2, 0.25) is 11.8 Å². The molecule has 0 bridgehead atoms. The van der Waals surface area contributed by atoms with Gasteiger partial charge in [0.15, 0.2) is 0 Å². The van der Waals surface area contributed by atoms with Crippen LogP contribution >= 0.6 is 0 Å². The Labute approximate surface area is 126 Å². The van der Waals surface area contributed by atoms with E-state index in [0.717, 1.165) is 37.5 Å². The molecule has 5 nitrogen and oxygen atoms in total. The Morgan fingerprint density at radius 3 is 2.81 bits per heavy atom. The average molecular weight is 291 g/mol. The molecule has 1 atom stereocenters. The molecule has 1 amide bonds. The molecule has 2 fully saturated rings. The van der Waals surface area contributed by atoms with E-state index in [0.29, 0.717) is 5.88 Å². The highest BCUT2D eigenvalue weighted by molar-refractivity contribution is 5.93. The molecule has 3 rings (SSSR count). The molecule has 0 radical (unpaired) electrons. The van der Waals surface area contributed by atoms with Crippen LogP contribution in [0.15, 0.2) is 10.6 Å². The van der Waals surface area contributed by atoms with Crippen molar-refractivity contribution < 1.29 is 9.32 Å². The highest BCUT2D eigenvalue weighted by Gasteiger charge is 2.35. The Morgan fingerprint density at radius 1 is 1.43 bits per heavy atom. The van der Waals surface area contributed by atoms with Gasteiger partial charge < -0.3 is 4.52 Å². The Bertz CT molecular complexity index is 514. The van der Waals surface area contributed by atoms with E-state index < -0.39 is 0 Å². The lowest BCUT2D eigenvalue weighted by atomic mass is 9.92. The molecule has 2 aliphatic rings. The zero-order valence-electron chi connectivity index (χ0n) is 13.2. The summed E-state index contributed by atoms with van der Waals surface area (Å²) in [4.78, 5) is 14.8. The van der Waals surface area contributed by atoms with Crippen molar-refractivity contribution in [3.8, 4) is 0 Å². The number of hydrogen-bond donors (Lipinski definition) is 1. The number of hydrogen-bond acceptors (Lipinski definition) is 4. The molecule has 1 aromatic rings. The minimum Gasteiger partial charge on any atom is -0.338 e. The fraction of sp³-hybridized carbons (Fsp3) is 0.750. The maximum absolute atomic E-state index is 12.4. The van der Waals surface area contributed by atoms with Crippen LogP contribution in [0.2, 0.25) is 0 Å². The van der Waals surface area contributed by atoms with Crippen LogP contribution in [0.4, 0.5) is 5.88 Å². The van der Waals surface area contributed by atoms with E-state index in [2.05, 4.69) is 36.1 Å². The quantitative estimate of drug-likeness (QED) is 0.926. The predicted octanol–water partition coefficient (Wildman–Crippen LogP) is 2.79. The molecule has 1 aliphatic carbocycles. The van der Waals surface area contributed by atoms with Crippen molar-refractivity contribution in [1.82, 2.24) is 10.1 Å². The molecular weight excluding hydrogens is 266 g/mol. The van der Waals surface area contributed by atoms with Crippen molar-refractivity contribution >= 4 is 11.8 Å². The maximum Gasteiger partial charge on any atom is 0.244 e. The van der Waals surface area contributed by atoms with Crippen molar-refractivity contribution in [2.45, 2.75) is 57.9 Å². The van der Waals surface area contributed by atoms with Gasteiger partial charge in [-0.2, -0.15) is 0 Å². The van der Waals surface area contributed by atoms with Crippen molar-refractivity contribution in [3.63, 3.8) is 0 Å². The van der Waals surface area contributed by atoms with Gasteiger partial charge in [-0.3, -0.25) is 15.0 Å². The number of carbonyl (C=O) groups excluding carboxylic acids is 1. The normalized spacial score (nSPS) is 23.5. The van der Waals surface area contributed by atoms with Crippen LogP contribution in [0.1, 0.15) is 52.1 Å². The predicted molar refractivity (Wildman–Crippen MR) is 81.2 cm³/mol. The van der Waals surface area contributed by atoms with Crippen LogP contribution in [0.25, 0.3) is 0 Å².